The molecule has 2 aromatic rings. The van der Waals surface area contributed by atoms with Crippen molar-refractivity contribution in [2.75, 3.05) is 7.11 Å². The summed E-state index contributed by atoms with van der Waals surface area (Å²) in [6, 6.07) is 9.06. The number of benzene rings is 1. The fourth-order valence-corrected chi connectivity index (χ4v) is 2.33. The Kier molecular flexibility index (Phi) is 6.36. The summed E-state index contributed by atoms with van der Waals surface area (Å²) in [5.74, 6) is -0.900. The van der Waals surface area contributed by atoms with E-state index in [9.17, 15) is 19.2 Å². The second-order valence-corrected chi connectivity index (χ2v) is 5.47. The lowest BCUT2D eigenvalue weighted by Crippen LogP contribution is -2.33. The second kappa shape index (κ2) is 8.69. The number of amides is 1. The highest BCUT2D eigenvalue weighted by molar-refractivity contribution is 5.82. The van der Waals surface area contributed by atoms with Gasteiger partial charge in [0.2, 0.25) is 0 Å². The van der Waals surface area contributed by atoms with E-state index in [4.69, 9.17) is 4.74 Å². The van der Waals surface area contributed by atoms with Crippen LogP contribution in [0, 0.1) is 24.1 Å². The van der Waals surface area contributed by atoms with Crippen molar-refractivity contribution in [3.05, 3.63) is 68.9 Å². The monoisotopic (exact) mass is 356 g/mol. The number of methoxy groups -OCH3 is 1. The van der Waals surface area contributed by atoms with Crippen molar-refractivity contribution in [1.29, 1.82) is 5.26 Å². The molecule has 26 heavy (non-hydrogen) atoms. The molecule has 0 saturated carbocycles. The molecule has 0 aliphatic carbocycles. The van der Waals surface area contributed by atoms with Crippen LogP contribution in [-0.4, -0.2) is 23.8 Å². The minimum Gasteiger partial charge on any atom is -0.380 e. The van der Waals surface area contributed by atoms with Gasteiger partial charge in [-0.1, -0.05) is 12.1 Å². The summed E-state index contributed by atoms with van der Waals surface area (Å²) in [6.07, 6.45) is 1.36. The highest BCUT2D eigenvalue weighted by Gasteiger charge is 2.14. The standard InChI is InChI=1S/C18H17FN4O3/c1-12-7-14(11-26-2)16(8-20)18(25)23(12)10-17(24)22-21-9-13-3-5-15(19)6-4-13/h3-7,9H,10-11H2,1-2H3,(H,22,24)/b21-9-. The van der Waals surface area contributed by atoms with E-state index in [0.29, 0.717) is 16.8 Å². The minimum atomic E-state index is -0.558. The molecule has 7 nitrogen and oxygen atoms in total. The molecular formula is C18H17FN4O3. The summed E-state index contributed by atoms with van der Waals surface area (Å²) >= 11 is 0. The molecule has 0 aliphatic heterocycles. The molecule has 0 radical (unpaired) electrons. The predicted octanol–water partition coefficient (Wildman–Crippen LogP) is 1.46. The third-order valence-corrected chi connectivity index (χ3v) is 3.58. The zero-order chi connectivity index (χ0) is 19.1. The quantitative estimate of drug-likeness (QED) is 0.626. The van der Waals surface area contributed by atoms with Gasteiger partial charge < -0.3 is 9.30 Å². The van der Waals surface area contributed by atoms with Gasteiger partial charge in [0.1, 0.15) is 24.0 Å². The first-order valence-corrected chi connectivity index (χ1v) is 7.66. The zero-order valence-electron chi connectivity index (χ0n) is 14.3. The van der Waals surface area contributed by atoms with Gasteiger partial charge in [0.15, 0.2) is 0 Å². The summed E-state index contributed by atoms with van der Waals surface area (Å²) < 4.78 is 19.0. The van der Waals surface area contributed by atoms with Crippen molar-refractivity contribution < 1.29 is 13.9 Å². The third kappa shape index (κ3) is 4.62. The van der Waals surface area contributed by atoms with Crippen LogP contribution in [-0.2, 0) is 22.7 Å². The van der Waals surface area contributed by atoms with E-state index in [1.807, 2.05) is 6.07 Å². The molecule has 1 amide bonds. The molecule has 1 aromatic heterocycles. The second-order valence-electron chi connectivity index (χ2n) is 5.47. The predicted molar refractivity (Wildman–Crippen MR) is 93.0 cm³/mol. The summed E-state index contributed by atoms with van der Waals surface area (Å²) in [5, 5.41) is 13.0. The Balaban J connectivity index is 2.12. The van der Waals surface area contributed by atoms with Crippen LogP contribution >= 0.6 is 0 Å². The SMILES string of the molecule is COCc1cc(C)n(CC(=O)N/N=C\c2ccc(F)cc2)c(=O)c1C#N. The van der Waals surface area contributed by atoms with Crippen molar-refractivity contribution in [2.24, 2.45) is 5.10 Å². The molecule has 0 bridgehead atoms. The molecule has 0 spiro atoms. The number of carbonyl (C=O) groups excluding carboxylic acids is 1. The Bertz CT molecular complexity index is 927. The average Bonchev–Trinajstić information content (AvgIpc) is 2.61. The topological polar surface area (TPSA) is 96.5 Å². The molecule has 1 N–H and O–H groups in total. The number of halogens is 1. The van der Waals surface area contributed by atoms with E-state index < -0.39 is 11.5 Å². The molecule has 1 heterocycles. The van der Waals surface area contributed by atoms with Gasteiger partial charge in [0, 0.05) is 18.4 Å². The molecular weight excluding hydrogens is 339 g/mol. The molecule has 0 unspecified atom stereocenters. The number of aromatic nitrogens is 1. The normalized spacial score (nSPS) is 10.7. The van der Waals surface area contributed by atoms with Crippen LogP contribution < -0.4 is 11.0 Å². The molecule has 2 rings (SSSR count). The smallest absolute Gasteiger partial charge is 0.269 e. The number of nitrogens with one attached hydrogen (secondary N) is 1. The van der Waals surface area contributed by atoms with Gasteiger partial charge in [-0.25, -0.2) is 9.82 Å². The Labute approximate surface area is 149 Å². The van der Waals surface area contributed by atoms with Crippen molar-refractivity contribution in [3.63, 3.8) is 0 Å². The average molecular weight is 356 g/mol. The lowest BCUT2D eigenvalue weighted by molar-refractivity contribution is -0.121. The van der Waals surface area contributed by atoms with Gasteiger partial charge in [-0.2, -0.15) is 10.4 Å². The van der Waals surface area contributed by atoms with Crippen molar-refractivity contribution in [3.8, 4) is 6.07 Å². The van der Waals surface area contributed by atoms with E-state index >= 15 is 0 Å². The maximum atomic E-state index is 12.8. The van der Waals surface area contributed by atoms with E-state index in [0.717, 1.165) is 0 Å². The van der Waals surface area contributed by atoms with E-state index in [1.165, 1.54) is 42.2 Å². The van der Waals surface area contributed by atoms with Crippen LogP contribution in [0.15, 0.2) is 40.2 Å². The first-order valence-electron chi connectivity index (χ1n) is 7.66. The van der Waals surface area contributed by atoms with Gasteiger partial charge in [0.05, 0.1) is 12.8 Å². The maximum Gasteiger partial charge on any atom is 0.269 e. The number of pyridine rings is 1. The summed E-state index contributed by atoms with van der Waals surface area (Å²) in [4.78, 5) is 24.4. The first-order chi connectivity index (χ1) is 12.5. The van der Waals surface area contributed by atoms with Crippen LogP contribution in [0.1, 0.15) is 22.4 Å². The van der Waals surface area contributed by atoms with Crippen LogP contribution in [0.2, 0.25) is 0 Å². The Morgan fingerprint density at radius 2 is 2.12 bits per heavy atom. The van der Waals surface area contributed by atoms with E-state index in [-0.39, 0.29) is 24.5 Å². The Hall–Kier alpha value is -3.31. The molecule has 134 valence electrons. The molecule has 0 fully saturated rings. The first kappa shape index (κ1) is 19.0. The highest BCUT2D eigenvalue weighted by Crippen LogP contribution is 2.08. The minimum absolute atomic E-state index is 0.0555. The van der Waals surface area contributed by atoms with Crippen LogP contribution in [0.4, 0.5) is 4.39 Å². The Morgan fingerprint density at radius 1 is 1.42 bits per heavy atom. The number of hydrazone groups is 1. The summed E-state index contributed by atoms with van der Waals surface area (Å²) in [6.45, 7) is 1.51. The number of ether oxygens (including phenoxy) is 1. The maximum absolute atomic E-state index is 12.8. The lowest BCUT2D eigenvalue weighted by atomic mass is 10.1. The fraction of sp³-hybridized carbons (Fsp3) is 0.222. The lowest BCUT2D eigenvalue weighted by Gasteiger charge is -2.12. The van der Waals surface area contributed by atoms with Gasteiger partial charge in [0.25, 0.3) is 11.5 Å². The summed E-state index contributed by atoms with van der Waals surface area (Å²) in [5.41, 5.74) is 3.29. The van der Waals surface area contributed by atoms with E-state index in [2.05, 4.69) is 10.5 Å². The number of carbonyl (C=O) groups is 1. The third-order valence-electron chi connectivity index (χ3n) is 3.58. The number of hydrogen-bond donors (Lipinski definition) is 1. The molecule has 8 heteroatoms. The van der Waals surface area contributed by atoms with Crippen LogP contribution in [0.5, 0.6) is 0 Å². The van der Waals surface area contributed by atoms with Gasteiger partial charge in [-0.05, 0) is 30.7 Å². The number of hydrogen-bond acceptors (Lipinski definition) is 5. The Morgan fingerprint density at radius 3 is 2.73 bits per heavy atom. The number of rotatable bonds is 6. The van der Waals surface area contributed by atoms with Crippen molar-refractivity contribution >= 4 is 12.1 Å². The summed E-state index contributed by atoms with van der Waals surface area (Å²) in [7, 11) is 1.47. The van der Waals surface area contributed by atoms with Gasteiger partial charge in [-0.3, -0.25) is 9.59 Å². The van der Waals surface area contributed by atoms with E-state index in [1.54, 1.807) is 13.0 Å². The van der Waals surface area contributed by atoms with Gasteiger partial charge in [-0.15, -0.1) is 0 Å². The number of aryl methyl sites for hydroxylation is 1. The number of nitrogens with zero attached hydrogens (tertiary/aromatic N) is 3. The van der Waals surface area contributed by atoms with Crippen LogP contribution in [0.3, 0.4) is 0 Å². The van der Waals surface area contributed by atoms with Crippen LogP contribution in [0.25, 0.3) is 0 Å². The van der Waals surface area contributed by atoms with Crippen molar-refractivity contribution in [1.82, 2.24) is 9.99 Å². The molecule has 0 saturated heterocycles. The van der Waals surface area contributed by atoms with Crippen molar-refractivity contribution in [2.45, 2.75) is 20.1 Å². The fourth-order valence-electron chi connectivity index (χ4n) is 2.33. The van der Waals surface area contributed by atoms with Gasteiger partial charge >= 0.3 is 0 Å². The molecule has 1 aromatic carbocycles. The molecule has 0 aliphatic rings. The highest BCUT2D eigenvalue weighted by atomic mass is 19.1. The largest absolute Gasteiger partial charge is 0.380 e. The number of nitriles is 1. The molecule has 0 atom stereocenters. The zero-order valence-corrected chi connectivity index (χ0v) is 14.3.